The Morgan fingerprint density at radius 2 is 1.94 bits per heavy atom. The Hall–Kier alpha value is -4.44. The fraction of sp³-hybridized carbons (Fsp3) is 0.120. The summed E-state index contributed by atoms with van der Waals surface area (Å²) >= 11 is 0. The molecule has 0 aliphatic rings. The molecule has 0 fully saturated rings. The lowest BCUT2D eigenvalue weighted by molar-refractivity contribution is 0.0925. The van der Waals surface area contributed by atoms with Crippen LogP contribution in [0.2, 0.25) is 0 Å². The van der Waals surface area contributed by atoms with E-state index in [-0.39, 0.29) is 29.9 Å². The Kier molecular flexibility index (Phi) is 5.79. The van der Waals surface area contributed by atoms with Crippen LogP contribution < -0.4 is 11.0 Å². The number of imidazole rings is 1. The fourth-order valence-corrected chi connectivity index (χ4v) is 3.91. The first-order valence-electron chi connectivity index (χ1n) is 10.8. The summed E-state index contributed by atoms with van der Waals surface area (Å²) in [6, 6.07) is 12.9. The van der Waals surface area contributed by atoms with E-state index in [9.17, 15) is 23.5 Å². The number of amides is 1. The first kappa shape index (κ1) is 22.4. The van der Waals surface area contributed by atoms with Crippen molar-refractivity contribution in [2.24, 2.45) is 0 Å². The van der Waals surface area contributed by atoms with Crippen molar-refractivity contribution >= 4 is 22.5 Å². The number of H-pyrrole nitrogens is 1. The van der Waals surface area contributed by atoms with Gasteiger partial charge >= 0.3 is 5.69 Å². The van der Waals surface area contributed by atoms with Crippen LogP contribution in [0.15, 0.2) is 71.8 Å². The number of para-hydroxylation sites is 1. The fourth-order valence-electron chi connectivity index (χ4n) is 3.91. The molecular formula is C25H19F2N5O3. The van der Waals surface area contributed by atoms with Gasteiger partial charge in [-0.3, -0.25) is 14.2 Å². The van der Waals surface area contributed by atoms with Crippen molar-refractivity contribution in [2.75, 3.05) is 6.61 Å². The van der Waals surface area contributed by atoms with Gasteiger partial charge in [-0.25, -0.2) is 18.6 Å². The average molecular weight is 475 g/mol. The number of aliphatic hydroxyl groups excluding tert-OH is 1. The number of aromatic amines is 1. The molecule has 5 aromatic rings. The molecule has 0 aliphatic carbocycles. The number of hydrogen-bond acceptors (Lipinski definition) is 5. The molecule has 1 atom stereocenters. The topological polar surface area (TPSA) is 112 Å². The van der Waals surface area contributed by atoms with Crippen molar-refractivity contribution in [2.45, 2.75) is 12.5 Å². The zero-order chi connectivity index (χ0) is 24.5. The number of aliphatic hydroxyl groups is 1. The average Bonchev–Trinajstić information content (AvgIpc) is 3.29. The number of carbonyl (C=O) groups is 1. The van der Waals surface area contributed by atoms with Crippen LogP contribution in [0.3, 0.4) is 0 Å². The first-order valence-corrected chi connectivity index (χ1v) is 10.8. The molecule has 35 heavy (non-hydrogen) atoms. The molecule has 0 spiro atoms. The Balaban J connectivity index is 1.46. The summed E-state index contributed by atoms with van der Waals surface area (Å²) < 4.78 is 28.4. The van der Waals surface area contributed by atoms with Crippen LogP contribution in [0.25, 0.3) is 27.8 Å². The van der Waals surface area contributed by atoms with Crippen LogP contribution in [-0.2, 0) is 0 Å². The van der Waals surface area contributed by atoms with Crippen LogP contribution in [0, 0.1) is 11.6 Å². The number of nitrogens with one attached hydrogen (secondary N) is 2. The number of nitrogens with zero attached hydrogens (tertiary/aromatic N) is 3. The van der Waals surface area contributed by atoms with Crippen molar-refractivity contribution in [3.8, 4) is 11.3 Å². The van der Waals surface area contributed by atoms with Gasteiger partial charge in [-0.1, -0.05) is 24.3 Å². The third-order valence-electron chi connectivity index (χ3n) is 5.67. The van der Waals surface area contributed by atoms with Gasteiger partial charge in [0, 0.05) is 36.0 Å². The van der Waals surface area contributed by atoms with Gasteiger partial charge in [0.25, 0.3) is 5.91 Å². The largest absolute Gasteiger partial charge is 0.396 e. The maximum absolute atomic E-state index is 13.9. The lowest BCUT2D eigenvalue weighted by atomic mass is 10.0. The second kappa shape index (κ2) is 9.07. The SMILES string of the molecule is O=C(N[C@H](CCO)c1ccc(F)cc1)c1cn2c(=O)[nH]c(-c3cnc4c(F)cccc4c3)cc2n1. The first-order chi connectivity index (χ1) is 16.9. The third-order valence-corrected chi connectivity index (χ3v) is 5.67. The van der Waals surface area contributed by atoms with Gasteiger partial charge in [0.2, 0.25) is 0 Å². The second-order valence-corrected chi connectivity index (χ2v) is 7.97. The highest BCUT2D eigenvalue weighted by atomic mass is 19.1. The van der Waals surface area contributed by atoms with E-state index < -0.39 is 29.3 Å². The molecule has 0 unspecified atom stereocenters. The van der Waals surface area contributed by atoms with E-state index in [1.165, 1.54) is 47.1 Å². The molecule has 1 amide bonds. The summed E-state index contributed by atoms with van der Waals surface area (Å²) in [5.41, 5.74) is 1.51. The highest BCUT2D eigenvalue weighted by molar-refractivity contribution is 5.93. The van der Waals surface area contributed by atoms with E-state index in [0.29, 0.717) is 22.2 Å². The lowest BCUT2D eigenvalue weighted by Gasteiger charge is -2.17. The van der Waals surface area contributed by atoms with Crippen molar-refractivity contribution in [1.29, 1.82) is 0 Å². The predicted molar refractivity (Wildman–Crippen MR) is 125 cm³/mol. The third kappa shape index (κ3) is 4.38. The summed E-state index contributed by atoms with van der Waals surface area (Å²) in [5.74, 6) is -1.41. The molecule has 3 heterocycles. The van der Waals surface area contributed by atoms with Gasteiger partial charge < -0.3 is 15.4 Å². The van der Waals surface area contributed by atoms with Crippen LogP contribution in [0.5, 0.6) is 0 Å². The minimum absolute atomic E-state index is 0.00332. The maximum Gasteiger partial charge on any atom is 0.331 e. The predicted octanol–water partition coefficient (Wildman–Crippen LogP) is 3.37. The van der Waals surface area contributed by atoms with Gasteiger partial charge in [-0.2, -0.15) is 0 Å². The van der Waals surface area contributed by atoms with E-state index in [1.54, 1.807) is 24.3 Å². The number of aromatic nitrogens is 4. The van der Waals surface area contributed by atoms with Crippen LogP contribution in [0.4, 0.5) is 8.78 Å². The van der Waals surface area contributed by atoms with E-state index in [1.807, 2.05) is 0 Å². The number of halogens is 2. The molecule has 8 nitrogen and oxygen atoms in total. The number of fused-ring (bicyclic) bond motifs is 2. The summed E-state index contributed by atoms with van der Waals surface area (Å²) in [5, 5.41) is 12.7. The monoisotopic (exact) mass is 475 g/mol. The van der Waals surface area contributed by atoms with Gasteiger partial charge in [0.1, 0.15) is 28.5 Å². The molecular weight excluding hydrogens is 456 g/mol. The van der Waals surface area contributed by atoms with Gasteiger partial charge in [0.05, 0.1) is 11.7 Å². The Morgan fingerprint density at radius 3 is 2.71 bits per heavy atom. The summed E-state index contributed by atoms with van der Waals surface area (Å²) in [4.78, 5) is 36.7. The highest BCUT2D eigenvalue weighted by Gasteiger charge is 2.19. The Morgan fingerprint density at radius 1 is 1.14 bits per heavy atom. The Bertz CT molecular complexity index is 1610. The molecule has 2 aromatic carbocycles. The van der Waals surface area contributed by atoms with Crippen molar-refractivity contribution in [1.82, 2.24) is 24.7 Å². The van der Waals surface area contributed by atoms with E-state index in [4.69, 9.17) is 0 Å². The van der Waals surface area contributed by atoms with Crippen LogP contribution >= 0.6 is 0 Å². The van der Waals surface area contributed by atoms with Crippen molar-refractivity contribution < 1.29 is 18.7 Å². The van der Waals surface area contributed by atoms with Crippen molar-refractivity contribution in [3.05, 3.63) is 100 Å². The number of pyridine rings is 1. The van der Waals surface area contributed by atoms with Crippen molar-refractivity contribution in [3.63, 3.8) is 0 Å². The molecule has 0 aliphatic heterocycles. The molecule has 0 radical (unpaired) electrons. The zero-order valence-corrected chi connectivity index (χ0v) is 18.2. The quantitative estimate of drug-likeness (QED) is 0.349. The highest BCUT2D eigenvalue weighted by Crippen LogP contribution is 2.23. The number of rotatable bonds is 6. The molecule has 5 rings (SSSR count). The van der Waals surface area contributed by atoms with E-state index in [0.717, 1.165) is 0 Å². The molecule has 0 saturated carbocycles. The molecule has 176 valence electrons. The van der Waals surface area contributed by atoms with E-state index in [2.05, 4.69) is 20.3 Å². The Labute approximate surface area is 196 Å². The normalized spacial score (nSPS) is 12.2. The minimum Gasteiger partial charge on any atom is -0.396 e. The molecule has 3 N–H and O–H groups in total. The molecule has 0 saturated heterocycles. The van der Waals surface area contributed by atoms with Gasteiger partial charge in [0.15, 0.2) is 0 Å². The maximum atomic E-state index is 13.9. The lowest BCUT2D eigenvalue weighted by Crippen LogP contribution is -2.29. The zero-order valence-electron chi connectivity index (χ0n) is 18.2. The number of benzene rings is 2. The van der Waals surface area contributed by atoms with Crippen LogP contribution in [0.1, 0.15) is 28.5 Å². The van der Waals surface area contributed by atoms with Gasteiger partial charge in [-0.15, -0.1) is 0 Å². The van der Waals surface area contributed by atoms with Gasteiger partial charge in [-0.05, 0) is 36.2 Å². The second-order valence-electron chi connectivity index (χ2n) is 7.97. The number of hydrogen-bond donors (Lipinski definition) is 3. The summed E-state index contributed by atoms with van der Waals surface area (Å²) in [7, 11) is 0. The summed E-state index contributed by atoms with van der Waals surface area (Å²) in [6.07, 6.45) is 2.97. The molecule has 3 aromatic heterocycles. The molecule has 0 bridgehead atoms. The smallest absolute Gasteiger partial charge is 0.331 e. The van der Waals surface area contributed by atoms with E-state index >= 15 is 0 Å². The summed E-state index contributed by atoms with van der Waals surface area (Å²) in [6.45, 7) is -0.194. The van der Waals surface area contributed by atoms with Crippen LogP contribution in [-0.4, -0.2) is 37.0 Å². The number of carbonyl (C=O) groups excluding carboxylic acids is 1. The minimum atomic E-state index is -0.573. The standard InChI is InChI=1S/C25H19F2N5O3/c26-17-6-4-14(5-7-17)19(8-9-33)30-24(34)21-13-32-22(29-21)11-20(31-25(32)35)16-10-15-2-1-3-18(27)23(15)28-12-16/h1-7,10-13,19,33H,8-9H2,(H,30,34)(H,31,35)/t19-/m1/s1. The molecule has 10 heteroatoms.